The van der Waals surface area contributed by atoms with E-state index < -0.39 is 5.92 Å². The third-order valence-corrected chi connectivity index (χ3v) is 2.44. The molecule has 4 heteroatoms. The van der Waals surface area contributed by atoms with Crippen LogP contribution in [0.25, 0.3) is 0 Å². The van der Waals surface area contributed by atoms with Crippen LogP contribution in [0.5, 0.6) is 5.75 Å². The molecule has 4 nitrogen and oxygen atoms in total. The molecule has 0 aliphatic carbocycles. The lowest BCUT2D eigenvalue weighted by Crippen LogP contribution is -2.16. The van der Waals surface area contributed by atoms with Crippen molar-refractivity contribution in [2.45, 2.75) is 25.7 Å². The van der Waals surface area contributed by atoms with Crippen LogP contribution in [-0.4, -0.2) is 24.0 Å². The smallest absolute Gasteiger partial charge is 0.313 e. The Balaban J connectivity index is 2.84. The summed E-state index contributed by atoms with van der Waals surface area (Å²) in [5, 5.41) is 9.18. The van der Waals surface area contributed by atoms with Crippen molar-refractivity contribution in [1.82, 2.24) is 0 Å². The molecule has 0 spiro atoms. The maximum atomic E-state index is 11.7. The molecule has 1 rings (SSSR count). The molecule has 92 valence electrons. The van der Waals surface area contributed by atoms with Gasteiger partial charge in [0, 0.05) is 6.42 Å². The van der Waals surface area contributed by atoms with E-state index in [2.05, 4.69) is 0 Å². The van der Waals surface area contributed by atoms with Crippen LogP contribution in [0.15, 0.2) is 24.3 Å². The molecule has 1 unspecified atom stereocenters. The summed E-state index contributed by atoms with van der Waals surface area (Å²) in [4.78, 5) is 22.1. The average Bonchev–Trinajstić information content (AvgIpc) is 2.32. The van der Waals surface area contributed by atoms with E-state index in [0.29, 0.717) is 19.4 Å². The van der Waals surface area contributed by atoms with Gasteiger partial charge in [0.15, 0.2) is 0 Å². The Morgan fingerprint density at radius 1 is 1.41 bits per heavy atom. The summed E-state index contributed by atoms with van der Waals surface area (Å²) in [5.74, 6) is -0.632. The molecule has 0 amide bonds. The van der Waals surface area contributed by atoms with Crippen molar-refractivity contribution < 1.29 is 19.4 Å². The molecule has 0 fully saturated rings. The highest BCUT2D eigenvalue weighted by molar-refractivity contribution is 5.78. The summed E-state index contributed by atoms with van der Waals surface area (Å²) in [5.41, 5.74) is 0.753. The summed E-state index contributed by atoms with van der Waals surface area (Å²) in [7, 11) is 0. The zero-order valence-corrected chi connectivity index (χ0v) is 9.76. The number of carbonyl (C=O) groups excluding carboxylic acids is 2. The molecule has 0 radical (unpaired) electrons. The van der Waals surface area contributed by atoms with Gasteiger partial charge >= 0.3 is 5.97 Å². The average molecular weight is 236 g/mol. The molecule has 0 aliphatic heterocycles. The number of hydrogen-bond donors (Lipinski definition) is 1. The van der Waals surface area contributed by atoms with Crippen molar-refractivity contribution >= 4 is 12.3 Å². The summed E-state index contributed by atoms with van der Waals surface area (Å²) < 4.78 is 4.97. The number of ether oxygens (including phenoxy) is 1. The Morgan fingerprint density at radius 2 is 2.06 bits per heavy atom. The van der Waals surface area contributed by atoms with E-state index >= 15 is 0 Å². The quantitative estimate of drug-likeness (QED) is 0.606. The number of phenols is 1. The normalized spacial score (nSPS) is 11.8. The fourth-order valence-electron chi connectivity index (χ4n) is 1.60. The van der Waals surface area contributed by atoms with Gasteiger partial charge in [-0.25, -0.2) is 0 Å². The first-order valence-electron chi connectivity index (χ1n) is 5.58. The van der Waals surface area contributed by atoms with E-state index in [1.54, 1.807) is 19.1 Å². The molecular formula is C13H16O4. The second-order valence-electron chi connectivity index (χ2n) is 3.64. The number of hydrogen-bond acceptors (Lipinski definition) is 4. The molecular weight excluding hydrogens is 220 g/mol. The zero-order chi connectivity index (χ0) is 12.7. The lowest BCUT2D eigenvalue weighted by molar-refractivity contribution is -0.145. The number of aromatic hydroxyl groups is 1. The second kappa shape index (κ2) is 6.68. The van der Waals surface area contributed by atoms with Crippen LogP contribution < -0.4 is 0 Å². The van der Waals surface area contributed by atoms with Gasteiger partial charge in [0.1, 0.15) is 12.0 Å². The summed E-state index contributed by atoms with van der Waals surface area (Å²) >= 11 is 0. The Bertz CT molecular complexity index is 370. The van der Waals surface area contributed by atoms with Crippen molar-refractivity contribution in [3.8, 4) is 5.75 Å². The Kier molecular flexibility index (Phi) is 5.20. The van der Waals surface area contributed by atoms with Crippen LogP contribution in [0, 0.1) is 0 Å². The van der Waals surface area contributed by atoms with Gasteiger partial charge in [0.25, 0.3) is 0 Å². The minimum atomic E-state index is -0.444. The van der Waals surface area contributed by atoms with E-state index in [9.17, 15) is 14.7 Å². The van der Waals surface area contributed by atoms with Crippen molar-refractivity contribution in [2.75, 3.05) is 6.61 Å². The van der Waals surface area contributed by atoms with Gasteiger partial charge in [0.05, 0.1) is 12.5 Å². The highest BCUT2D eigenvalue weighted by atomic mass is 16.5. The Morgan fingerprint density at radius 3 is 2.59 bits per heavy atom. The van der Waals surface area contributed by atoms with Gasteiger partial charge in [-0.2, -0.15) is 0 Å². The highest BCUT2D eigenvalue weighted by Crippen LogP contribution is 2.24. The van der Waals surface area contributed by atoms with Crippen molar-refractivity contribution in [1.29, 1.82) is 0 Å². The fourth-order valence-corrected chi connectivity index (χ4v) is 1.60. The van der Waals surface area contributed by atoms with E-state index in [1.165, 1.54) is 12.1 Å². The lowest BCUT2D eigenvalue weighted by Gasteiger charge is -2.14. The minimum absolute atomic E-state index is 0.145. The van der Waals surface area contributed by atoms with Gasteiger partial charge in [-0.3, -0.25) is 4.79 Å². The van der Waals surface area contributed by atoms with E-state index in [4.69, 9.17) is 4.74 Å². The molecule has 0 saturated heterocycles. The van der Waals surface area contributed by atoms with Crippen molar-refractivity contribution in [3.63, 3.8) is 0 Å². The number of carbonyl (C=O) groups is 2. The van der Waals surface area contributed by atoms with Crippen LogP contribution in [0.2, 0.25) is 0 Å². The van der Waals surface area contributed by atoms with Gasteiger partial charge in [-0.05, 0) is 31.0 Å². The van der Waals surface area contributed by atoms with Crippen LogP contribution in [0.1, 0.15) is 31.2 Å². The molecule has 0 aromatic heterocycles. The van der Waals surface area contributed by atoms with Gasteiger partial charge < -0.3 is 14.6 Å². The maximum absolute atomic E-state index is 11.7. The highest BCUT2D eigenvalue weighted by Gasteiger charge is 2.21. The predicted molar refractivity (Wildman–Crippen MR) is 62.8 cm³/mol. The van der Waals surface area contributed by atoms with Crippen molar-refractivity contribution in [3.05, 3.63) is 29.8 Å². The third kappa shape index (κ3) is 3.90. The number of benzene rings is 1. The van der Waals surface area contributed by atoms with Crippen LogP contribution in [0.3, 0.4) is 0 Å². The van der Waals surface area contributed by atoms with Crippen LogP contribution in [-0.2, 0) is 14.3 Å². The third-order valence-electron chi connectivity index (χ3n) is 2.44. The largest absolute Gasteiger partial charge is 0.508 e. The number of rotatable bonds is 6. The molecule has 1 N–H and O–H groups in total. The maximum Gasteiger partial charge on any atom is 0.313 e. The molecule has 0 heterocycles. The number of esters is 1. The zero-order valence-electron chi connectivity index (χ0n) is 9.76. The van der Waals surface area contributed by atoms with E-state index in [1.807, 2.05) is 0 Å². The van der Waals surface area contributed by atoms with E-state index in [-0.39, 0.29) is 11.7 Å². The number of aldehydes is 1. The van der Waals surface area contributed by atoms with Gasteiger partial charge in [-0.15, -0.1) is 0 Å². The monoisotopic (exact) mass is 236 g/mol. The lowest BCUT2D eigenvalue weighted by atomic mass is 9.94. The second-order valence-corrected chi connectivity index (χ2v) is 3.64. The summed E-state index contributed by atoms with van der Waals surface area (Å²) in [6.07, 6.45) is 1.52. The van der Waals surface area contributed by atoms with E-state index in [0.717, 1.165) is 11.8 Å². The van der Waals surface area contributed by atoms with Gasteiger partial charge in [0.2, 0.25) is 0 Å². The summed E-state index contributed by atoms with van der Waals surface area (Å²) in [6.45, 7) is 2.06. The first-order chi connectivity index (χ1) is 8.19. The van der Waals surface area contributed by atoms with Gasteiger partial charge in [-0.1, -0.05) is 12.1 Å². The SMILES string of the molecule is CCOC(=O)C(CCC=O)c1ccc(O)cc1. The Hall–Kier alpha value is -1.84. The molecule has 1 aromatic rings. The summed E-state index contributed by atoms with van der Waals surface area (Å²) in [6, 6.07) is 6.37. The molecule has 0 bridgehead atoms. The van der Waals surface area contributed by atoms with Crippen molar-refractivity contribution in [2.24, 2.45) is 0 Å². The fraction of sp³-hybridized carbons (Fsp3) is 0.385. The standard InChI is InChI=1S/C13H16O4/c1-2-17-13(16)12(4-3-9-14)10-5-7-11(15)8-6-10/h5-9,12,15H,2-4H2,1H3. The molecule has 1 atom stereocenters. The van der Waals surface area contributed by atoms with Crippen LogP contribution in [0.4, 0.5) is 0 Å². The molecule has 0 saturated carbocycles. The van der Waals surface area contributed by atoms with Crippen LogP contribution >= 0.6 is 0 Å². The molecule has 17 heavy (non-hydrogen) atoms. The number of phenolic OH excluding ortho intramolecular Hbond substituents is 1. The minimum Gasteiger partial charge on any atom is -0.508 e. The first kappa shape index (κ1) is 13.2. The first-order valence-corrected chi connectivity index (χ1v) is 5.58. The topological polar surface area (TPSA) is 63.6 Å². The molecule has 1 aromatic carbocycles. The molecule has 0 aliphatic rings. The Labute approximate surface area is 100 Å². The predicted octanol–water partition coefficient (Wildman–Crippen LogP) is 2.02.